The minimum Gasteiger partial charge on any atom is -0.382 e. The summed E-state index contributed by atoms with van der Waals surface area (Å²) in [6.45, 7) is 2.27. The van der Waals surface area contributed by atoms with E-state index in [4.69, 9.17) is 9.47 Å². The first-order valence-electron chi connectivity index (χ1n) is 5.61. The largest absolute Gasteiger partial charge is 0.382 e. The molecule has 0 fully saturated rings. The molecule has 1 N–H and O–H groups in total. The Morgan fingerprint density at radius 3 is 2.72 bits per heavy atom. The van der Waals surface area contributed by atoms with Crippen LogP contribution in [0.1, 0.15) is 17.3 Å². The van der Waals surface area contributed by atoms with Crippen molar-refractivity contribution in [3.8, 4) is 0 Å². The number of nitrogens with one attached hydrogen (secondary N) is 1. The summed E-state index contributed by atoms with van der Waals surface area (Å²) in [7, 11) is 1.57. The summed E-state index contributed by atoms with van der Waals surface area (Å²) in [5.41, 5.74) is 1.15. The summed E-state index contributed by atoms with van der Waals surface area (Å²) in [6.07, 6.45) is 0. The lowest BCUT2D eigenvalue weighted by atomic mass is 10.1. The van der Waals surface area contributed by atoms with E-state index in [1.807, 2.05) is 0 Å². The topological polar surface area (TPSA) is 64.6 Å². The summed E-state index contributed by atoms with van der Waals surface area (Å²) in [4.78, 5) is 22.7. The fraction of sp³-hybridized carbons (Fsp3) is 0.385. The highest BCUT2D eigenvalue weighted by Gasteiger charge is 2.04. The average molecular weight is 251 g/mol. The van der Waals surface area contributed by atoms with Crippen LogP contribution in [-0.4, -0.2) is 38.6 Å². The fourth-order valence-electron chi connectivity index (χ4n) is 1.32. The second kappa shape index (κ2) is 7.58. The number of carbonyl (C=O) groups excluding carboxylic acids is 2. The quantitative estimate of drug-likeness (QED) is 0.589. The molecule has 0 aliphatic rings. The first kappa shape index (κ1) is 14.3. The zero-order valence-corrected chi connectivity index (χ0v) is 10.6. The summed E-state index contributed by atoms with van der Waals surface area (Å²) >= 11 is 0. The van der Waals surface area contributed by atoms with Crippen LogP contribution in [0.4, 0.5) is 5.69 Å². The molecular formula is C13H17NO4. The van der Waals surface area contributed by atoms with Crippen LogP contribution in [0.3, 0.4) is 0 Å². The van der Waals surface area contributed by atoms with E-state index in [0.29, 0.717) is 24.5 Å². The molecule has 5 heteroatoms. The van der Waals surface area contributed by atoms with E-state index in [1.165, 1.54) is 6.92 Å². The number of ketones is 1. The van der Waals surface area contributed by atoms with Crippen molar-refractivity contribution in [2.45, 2.75) is 6.92 Å². The molecule has 0 saturated heterocycles. The van der Waals surface area contributed by atoms with Gasteiger partial charge in [0.2, 0.25) is 5.91 Å². The van der Waals surface area contributed by atoms with Gasteiger partial charge in [-0.05, 0) is 19.1 Å². The number of carbonyl (C=O) groups is 2. The van der Waals surface area contributed by atoms with Gasteiger partial charge in [0.15, 0.2) is 5.78 Å². The van der Waals surface area contributed by atoms with E-state index in [1.54, 1.807) is 31.4 Å². The first-order valence-corrected chi connectivity index (χ1v) is 5.61. The van der Waals surface area contributed by atoms with Gasteiger partial charge in [-0.3, -0.25) is 9.59 Å². The number of benzene rings is 1. The Balaban J connectivity index is 2.44. The fourth-order valence-corrected chi connectivity index (χ4v) is 1.32. The molecule has 0 aromatic heterocycles. The molecule has 0 bridgehead atoms. The van der Waals surface area contributed by atoms with Gasteiger partial charge in [-0.15, -0.1) is 0 Å². The van der Waals surface area contributed by atoms with Crippen LogP contribution in [0.15, 0.2) is 24.3 Å². The molecule has 0 radical (unpaired) electrons. The van der Waals surface area contributed by atoms with Gasteiger partial charge in [-0.25, -0.2) is 0 Å². The number of anilines is 1. The third kappa shape index (κ3) is 5.07. The van der Waals surface area contributed by atoms with Crippen molar-refractivity contribution >= 4 is 17.4 Å². The highest BCUT2D eigenvalue weighted by atomic mass is 16.5. The molecule has 1 rings (SSSR count). The number of ether oxygens (including phenoxy) is 2. The predicted molar refractivity (Wildman–Crippen MR) is 67.8 cm³/mol. The van der Waals surface area contributed by atoms with Crippen molar-refractivity contribution in [2.75, 3.05) is 32.2 Å². The monoisotopic (exact) mass is 251 g/mol. The molecule has 0 atom stereocenters. The van der Waals surface area contributed by atoms with E-state index >= 15 is 0 Å². The molecule has 0 aliphatic heterocycles. The van der Waals surface area contributed by atoms with E-state index in [-0.39, 0.29) is 18.3 Å². The lowest BCUT2D eigenvalue weighted by molar-refractivity contribution is -0.121. The maximum absolute atomic E-state index is 11.5. The van der Waals surface area contributed by atoms with Crippen molar-refractivity contribution in [2.24, 2.45) is 0 Å². The molecule has 1 aromatic carbocycles. The molecule has 1 amide bonds. The molecule has 18 heavy (non-hydrogen) atoms. The van der Waals surface area contributed by atoms with Gasteiger partial charge >= 0.3 is 0 Å². The average Bonchev–Trinajstić information content (AvgIpc) is 2.35. The van der Waals surface area contributed by atoms with Gasteiger partial charge in [-0.1, -0.05) is 12.1 Å². The Kier molecular flexibility index (Phi) is 6.04. The van der Waals surface area contributed by atoms with Crippen molar-refractivity contribution < 1.29 is 19.1 Å². The summed E-state index contributed by atoms with van der Waals surface area (Å²) in [5, 5.41) is 2.66. The number of rotatable bonds is 7. The Bertz CT molecular complexity index is 417. The lowest BCUT2D eigenvalue weighted by Crippen LogP contribution is -2.19. The number of hydrogen-bond acceptors (Lipinski definition) is 4. The van der Waals surface area contributed by atoms with Gasteiger partial charge in [0.05, 0.1) is 13.2 Å². The van der Waals surface area contributed by atoms with Crippen LogP contribution in [0.5, 0.6) is 0 Å². The Morgan fingerprint density at radius 1 is 1.28 bits per heavy atom. The second-order valence-electron chi connectivity index (χ2n) is 3.73. The maximum atomic E-state index is 11.5. The van der Waals surface area contributed by atoms with Crippen molar-refractivity contribution in [1.29, 1.82) is 0 Å². The van der Waals surface area contributed by atoms with Crippen LogP contribution in [0.2, 0.25) is 0 Å². The van der Waals surface area contributed by atoms with Crippen LogP contribution < -0.4 is 5.32 Å². The Hall–Kier alpha value is -1.72. The highest BCUT2D eigenvalue weighted by molar-refractivity contribution is 5.97. The molecule has 0 spiro atoms. The predicted octanol–water partition coefficient (Wildman–Crippen LogP) is 1.49. The number of methoxy groups -OCH3 is 1. The van der Waals surface area contributed by atoms with Crippen molar-refractivity contribution in [3.05, 3.63) is 29.8 Å². The maximum Gasteiger partial charge on any atom is 0.250 e. The van der Waals surface area contributed by atoms with E-state index in [9.17, 15) is 9.59 Å². The smallest absolute Gasteiger partial charge is 0.250 e. The molecule has 0 heterocycles. The van der Waals surface area contributed by atoms with Gasteiger partial charge in [0, 0.05) is 18.4 Å². The first-order chi connectivity index (χ1) is 8.63. The summed E-state index contributed by atoms with van der Waals surface area (Å²) < 4.78 is 9.87. The van der Waals surface area contributed by atoms with Crippen molar-refractivity contribution in [3.63, 3.8) is 0 Å². The highest BCUT2D eigenvalue weighted by Crippen LogP contribution is 2.10. The minimum atomic E-state index is -0.258. The number of hydrogen-bond donors (Lipinski definition) is 1. The number of Topliss-reactive ketones (excluding diaryl/α,β-unsaturated/α-hetero) is 1. The van der Waals surface area contributed by atoms with E-state index in [0.717, 1.165) is 0 Å². The molecular weight excluding hydrogens is 234 g/mol. The van der Waals surface area contributed by atoms with Crippen molar-refractivity contribution in [1.82, 2.24) is 0 Å². The summed E-state index contributed by atoms with van der Waals surface area (Å²) in [6, 6.07) is 6.78. The molecule has 98 valence electrons. The van der Waals surface area contributed by atoms with Gasteiger partial charge in [0.1, 0.15) is 6.61 Å². The van der Waals surface area contributed by atoms with Gasteiger partial charge in [-0.2, -0.15) is 0 Å². The van der Waals surface area contributed by atoms with E-state index < -0.39 is 0 Å². The molecule has 5 nitrogen and oxygen atoms in total. The second-order valence-corrected chi connectivity index (χ2v) is 3.73. The molecule has 1 aromatic rings. The molecule has 0 aliphatic carbocycles. The van der Waals surface area contributed by atoms with Crippen LogP contribution in [0, 0.1) is 0 Å². The molecule has 0 unspecified atom stereocenters. The third-order valence-electron chi connectivity index (χ3n) is 2.22. The van der Waals surface area contributed by atoms with Gasteiger partial charge < -0.3 is 14.8 Å². The normalized spacial score (nSPS) is 10.1. The SMILES string of the molecule is COCCOCC(=O)Nc1cccc(C(C)=O)c1. The standard InChI is InChI=1S/C13H17NO4/c1-10(15)11-4-3-5-12(8-11)14-13(16)9-18-7-6-17-2/h3-5,8H,6-7,9H2,1-2H3,(H,14,16). The zero-order valence-electron chi connectivity index (χ0n) is 10.6. The Morgan fingerprint density at radius 2 is 2.06 bits per heavy atom. The minimum absolute atomic E-state index is 0.0341. The van der Waals surface area contributed by atoms with Crippen LogP contribution >= 0.6 is 0 Å². The third-order valence-corrected chi connectivity index (χ3v) is 2.22. The lowest BCUT2D eigenvalue weighted by Gasteiger charge is -2.07. The Labute approximate surface area is 106 Å². The molecule has 0 saturated carbocycles. The van der Waals surface area contributed by atoms with Crippen LogP contribution in [0.25, 0.3) is 0 Å². The van der Waals surface area contributed by atoms with E-state index in [2.05, 4.69) is 5.32 Å². The zero-order chi connectivity index (χ0) is 13.4. The summed E-state index contributed by atoms with van der Waals surface area (Å²) in [5.74, 6) is -0.297. The van der Waals surface area contributed by atoms with Gasteiger partial charge in [0.25, 0.3) is 0 Å². The van der Waals surface area contributed by atoms with Crippen LogP contribution in [-0.2, 0) is 14.3 Å². The number of amides is 1.